The number of halogens is 4. The number of carbonyl (C=O) groups is 1. The summed E-state index contributed by atoms with van der Waals surface area (Å²) in [5.41, 5.74) is 0.992. The van der Waals surface area contributed by atoms with Crippen molar-refractivity contribution in [1.82, 2.24) is 9.78 Å². The highest BCUT2D eigenvalue weighted by Crippen LogP contribution is 2.45. The van der Waals surface area contributed by atoms with Crippen LogP contribution in [0.4, 0.5) is 24.7 Å². The number of rotatable bonds is 5. The van der Waals surface area contributed by atoms with Crippen molar-refractivity contribution in [3.63, 3.8) is 0 Å². The van der Waals surface area contributed by atoms with E-state index in [-0.39, 0.29) is 17.8 Å². The lowest BCUT2D eigenvalue weighted by molar-refractivity contribution is -0.173. The maximum absolute atomic E-state index is 13.9. The number of alkyl halides is 3. The van der Waals surface area contributed by atoms with Crippen LogP contribution in [0.3, 0.4) is 0 Å². The molecule has 1 aliphatic rings. The summed E-state index contributed by atoms with van der Waals surface area (Å²) in [6.45, 7) is 0. The van der Waals surface area contributed by atoms with Crippen molar-refractivity contribution < 1.29 is 27.4 Å². The summed E-state index contributed by atoms with van der Waals surface area (Å²) in [5, 5.41) is 10.1. The number of hydrogen-bond acceptors (Lipinski definition) is 5. The average Bonchev–Trinajstić information content (AvgIpc) is 3.22. The molecular formula is C22H20ClF3N4O3. The van der Waals surface area contributed by atoms with E-state index in [9.17, 15) is 18.0 Å². The first-order valence-electron chi connectivity index (χ1n) is 9.91. The van der Waals surface area contributed by atoms with Gasteiger partial charge in [0.1, 0.15) is 11.4 Å². The van der Waals surface area contributed by atoms with Gasteiger partial charge in [0.05, 0.1) is 26.5 Å². The van der Waals surface area contributed by atoms with Gasteiger partial charge in [-0.25, -0.2) is 4.68 Å². The predicted octanol–water partition coefficient (Wildman–Crippen LogP) is 5.47. The van der Waals surface area contributed by atoms with Crippen molar-refractivity contribution in [2.24, 2.45) is 0 Å². The van der Waals surface area contributed by atoms with Crippen LogP contribution in [0.2, 0.25) is 5.02 Å². The molecule has 1 amide bonds. The molecule has 3 aromatic rings. The third kappa shape index (κ3) is 4.56. The van der Waals surface area contributed by atoms with Crippen LogP contribution in [0.1, 0.15) is 34.4 Å². The largest absolute Gasteiger partial charge is 0.493 e. The molecule has 2 N–H and O–H groups in total. The second-order valence-corrected chi connectivity index (χ2v) is 7.85. The minimum absolute atomic E-state index is 0.00984. The van der Waals surface area contributed by atoms with Crippen LogP contribution >= 0.6 is 11.6 Å². The lowest BCUT2D eigenvalue weighted by Gasteiger charge is -2.34. The summed E-state index contributed by atoms with van der Waals surface area (Å²) in [4.78, 5) is 12.9. The van der Waals surface area contributed by atoms with Gasteiger partial charge in [-0.05, 0) is 42.0 Å². The Balaban J connectivity index is 1.69. The molecule has 2 heterocycles. The number of aromatic nitrogens is 2. The molecule has 11 heteroatoms. The number of nitrogens with zero attached hydrogens (tertiary/aromatic N) is 2. The van der Waals surface area contributed by atoms with Crippen LogP contribution in [-0.2, 0) is 0 Å². The molecule has 0 aliphatic carbocycles. The van der Waals surface area contributed by atoms with E-state index in [1.165, 1.54) is 14.2 Å². The van der Waals surface area contributed by atoms with Crippen molar-refractivity contribution >= 4 is 29.0 Å². The summed E-state index contributed by atoms with van der Waals surface area (Å²) in [6.07, 6.45) is -3.75. The molecule has 1 aliphatic heterocycles. The monoisotopic (exact) mass is 480 g/mol. The highest BCUT2D eigenvalue weighted by molar-refractivity contribution is 6.30. The first-order valence-corrected chi connectivity index (χ1v) is 10.3. The lowest BCUT2D eigenvalue weighted by Crippen LogP contribution is -2.36. The molecule has 1 aromatic heterocycles. The SMILES string of the molecule is COc1ccc([C@@H]2C[C@@H](C(F)(F)F)n3ncc(C(=O)Nc4ccc(Cl)cc4)c3N2)cc1OC. The van der Waals surface area contributed by atoms with E-state index in [1.807, 2.05) is 0 Å². The zero-order valence-corrected chi connectivity index (χ0v) is 18.4. The number of anilines is 2. The number of methoxy groups -OCH3 is 2. The van der Waals surface area contributed by atoms with Crippen molar-refractivity contribution in [2.75, 3.05) is 24.9 Å². The van der Waals surface area contributed by atoms with Crippen molar-refractivity contribution in [2.45, 2.75) is 24.7 Å². The van der Waals surface area contributed by atoms with Gasteiger partial charge in [0, 0.05) is 17.1 Å². The van der Waals surface area contributed by atoms with Gasteiger partial charge in [-0.3, -0.25) is 4.79 Å². The maximum Gasteiger partial charge on any atom is 0.410 e. The third-order valence-corrected chi connectivity index (χ3v) is 5.65. The molecule has 0 spiro atoms. The highest BCUT2D eigenvalue weighted by atomic mass is 35.5. The number of hydrogen-bond donors (Lipinski definition) is 2. The van der Waals surface area contributed by atoms with E-state index >= 15 is 0 Å². The molecule has 2 atom stereocenters. The minimum Gasteiger partial charge on any atom is -0.493 e. The second-order valence-electron chi connectivity index (χ2n) is 7.42. The topological polar surface area (TPSA) is 77.4 Å². The summed E-state index contributed by atoms with van der Waals surface area (Å²) in [6, 6.07) is 8.61. The van der Waals surface area contributed by atoms with Crippen molar-refractivity contribution in [3.05, 3.63) is 64.8 Å². The second kappa shape index (κ2) is 8.86. The quantitative estimate of drug-likeness (QED) is 0.506. The Hall–Kier alpha value is -3.40. The van der Waals surface area contributed by atoms with E-state index in [0.29, 0.717) is 27.8 Å². The number of nitrogens with one attached hydrogen (secondary N) is 2. The van der Waals surface area contributed by atoms with E-state index in [0.717, 1.165) is 10.9 Å². The summed E-state index contributed by atoms with van der Waals surface area (Å²) in [7, 11) is 2.92. The van der Waals surface area contributed by atoms with Crippen LogP contribution in [0.15, 0.2) is 48.7 Å². The van der Waals surface area contributed by atoms with Crippen LogP contribution < -0.4 is 20.1 Å². The Morgan fingerprint density at radius 3 is 2.48 bits per heavy atom. The fourth-order valence-corrected chi connectivity index (χ4v) is 3.87. The molecular weight excluding hydrogens is 461 g/mol. The highest BCUT2D eigenvalue weighted by Gasteiger charge is 2.47. The molecule has 33 heavy (non-hydrogen) atoms. The van der Waals surface area contributed by atoms with Crippen LogP contribution in [0, 0.1) is 0 Å². The number of ether oxygens (including phenoxy) is 2. The average molecular weight is 481 g/mol. The number of benzene rings is 2. The normalized spacial score (nSPS) is 17.6. The zero-order chi connectivity index (χ0) is 23.8. The first-order chi connectivity index (χ1) is 15.7. The zero-order valence-electron chi connectivity index (χ0n) is 17.6. The van der Waals surface area contributed by atoms with E-state index in [4.69, 9.17) is 21.1 Å². The van der Waals surface area contributed by atoms with Gasteiger partial charge in [0.25, 0.3) is 5.91 Å². The molecule has 7 nitrogen and oxygen atoms in total. The molecule has 0 unspecified atom stereocenters. The molecule has 174 valence electrons. The van der Waals surface area contributed by atoms with Gasteiger partial charge in [0.2, 0.25) is 0 Å². The Bertz CT molecular complexity index is 1160. The lowest BCUT2D eigenvalue weighted by atomic mass is 9.96. The van der Waals surface area contributed by atoms with Crippen LogP contribution in [0.25, 0.3) is 0 Å². The maximum atomic E-state index is 13.9. The Morgan fingerprint density at radius 1 is 1.15 bits per heavy atom. The molecule has 0 fully saturated rings. The van der Waals surface area contributed by atoms with Crippen molar-refractivity contribution in [1.29, 1.82) is 0 Å². The number of fused-ring (bicyclic) bond motifs is 1. The Kier molecular flexibility index (Phi) is 6.11. The van der Waals surface area contributed by atoms with Crippen LogP contribution in [0.5, 0.6) is 11.5 Å². The van der Waals surface area contributed by atoms with Gasteiger partial charge in [-0.2, -0.15) is 18.3 Å². The van der Waals surface area contributed by atoms with Gasteiger partial charge < -0.3 is 20.1 Å². The van der Waals surface area contributed by atoms with Gasteiger partial charge in [0.15, 0.2) is 17.5 Å². The van der Waals surface area contributed by atoms with E-state index in [2.05, 4.69) is 15.7 Å². The van der Waals surface area contributed by atoms with Crippen LogP contribution in [-0.4, -0.2) is 36.1 Å². The molecule has 2 aromatic carbocycles. The van der Waals surface area contributed by atoms with Gasteiger partial charge in [-0.15, -0.1) is 0 Å². The molecule has 0 saturated heterocycles. The van der Waals surface area contributed by atoms with Gasteiger partial charge in [-0.1, -0.05) is 17.7 Å². The fourth-order valence-electron chi connectivity index (χ4n) is 3.75. The smallest absolute Gasteiger partial charge is 0.410 e. The standard InChI is InChI=1S/C22H20ClF3N4O3/c1-32-17-8-3-12(9-18(17)33-2)16-10-19(22(24,25)26)30-20(29-16)15(11-27-30)21(31)28-14-6-4-13(23)5-7-14/h3-9,11,16,19,29H,10H2,1-2H3,(H,28,31)/t16-,19-/m0/s1. The van der Waals surface area contributed by atoms with Crippen molar-refractivity contribution in [3.8, 4) is 11.5 Å². The van der Waals surface area contributed by atoms with Gasteiger partial charge >= 0.3 is 6.18 Å². The summed E-state index contributed by atoms with van der Waals surface area (Å²) >= 11 is 5.86. The third-order valence-electron chi connectivity index (χ3n) is 5.40. The van der Waals surface area contributed by atoms with E-state index < -0.39 is 24.2 Å². The molecule has 0 bridgehead atoms. The Morgan fingerprint density at radius 2 is 1.85 bits per heavy atom. The van der Waals surface area contributed by atoms with E-state index in [1.54, 1.807) is 42.5 Å². The molecule has 0 saturated carbocycles. The summed E-state index contributed by atoms with van der Waals surface area (Å²) in [5.74, 6) is 0.229. The fraction of sp³-hybridized carbons (Fsp3) is 0.273. The molecule has 4 rings (SSSR count). The minimum atomic E-state index is -4.57. The molecule has 0 radical (unpaired) electrons. The first kappa shape index (κ1) is 22.8. The Labute approximate surface area is 192 Å². The number of amides is 1. The predicted molar refractivity (Wildman–Crippen MR) is 117 cm³/mol. The summed E-state index contributed by atoms with van der Waals surface area (Å²) < 4.78 is 53.1. The number of carbonyl (C=O) groups excluding carboxylic acids is 1.